The lowest BCUT2D eigenvalue weighted by Gasteiger charge is -2.35. The van der Waals surface area contributed by atoms with Crippen LogP contribution in [-0.4, -0.2) is 56.0 Å². The lowest BCUT2D eigenvalue weighted by molar-refractivity contribution is -0.142. The van der Waals surface area contributed by atoms with Gasteiger partial charge in [-0.1, -0.05) is 0 Å². The Morgan fingerprint density at radius 1 is 1.27 bits per heavy atom. The van der Waals surface area contributed by atoms with E-state index in [1.54, 1.807) is 4.90 Å². The molecule has 1 fully saturated rings. The van der Waals surface area contributed by atoms with Crippen LogP contribution in [0.2, 0.25) is 0 Å². The number of aromatic amines is 1. The third-order valence-corrected chi connectivity index (χ3v) is 5.76. The topological polar surface area (TPSA) is 134 Å². The summed E-state index contributed by atoms with van der Waals surface area (Å²) in [7, 11) is 0. The molecule has 1 aliphatic rings. The van der Waals surface area contributed by atoms with Gasteiger partial charge in [-0.05, 0) is 39.8 Å². The fraction of sp³-hybridized carbons (Fsp3) is 0.417. The fourth-order valence-corrected chi connectivity index (χ4v) is 4.23. The summed E-state index contributed by atoms with van der Waals surface area (Å²) in [6.45, 7) is 7.15. The molecule has 4 rings (SSSR count). The average molecular weight is 516 g/mol. The van der Waals surface area contributed by atoms with E-state index in [1.807, 2.05) is 19.9 Å². The van der Waals surface area contributed by atoms with E-state index < -0.39 is 29.1 Å². The number of aryl methyl sites for hydroxylation is 1. The second kappa shape index (κ2) is 9.78. The maximum Gasteiger partial charge on any atom is 0.433 e. The highest BCUT2D eigenvalue weighted by atomic mass is 19.4. The van der Waals surface area contributed by atoms with Crippen LogP contribution < -0.4 is 10.3 Å². The number of alkyl halides is 3. The standard InChI is InChI=1S/C24H23F3N6O4/c1-11-9-33(10-12(2)36-11)23(35)16-5-15(7-28)22(29-8-16)37-13(3)17-6-18-20(30-14(4)31-21(18)34)32-19(17)24(25,26)27/h5-6,8,11-13H,9-10H2,1-4H3,(H,30,31,32,34)/t11-,12+,13-/m0/s1. The molecule has 3 aromatic heterocycles. The van der Waals surface area contributed by atoms with Gasteiger partial charge in [-0.25, -0.2) is 15.0 Å². The van der Waals surface area contributed by atoms with Gasteiger partial charge in [-0.15, -0.1) is 0 Å². The van der Waals surface area contributed by atoms with Crippen molar-refractivity contribution in [3.05, 3.63) is 56.9 Å². The zero-order valence-corrected chi connectivity index (χ0v) is 20.4. The highest BCUT2D eigenvalue weighted by Gasteiger charge is 2.38. The number of ether oxygens (including phenoxy) is 2. The molecule has 0 bridgehead atoms. The summed E-state index contributed by atoms with van der Waals surface area (Å²) >= 11 is 0. The smallest absolute Gasteiger partial charge is 0.433 e. The summed E-state index contributed by atoms with van der Waals surface area (Å²) in [5, 5.41) is 9.48. The maximum atomic E-state index is 13.8. The molecule has 1 saturated heterocycles. The van der Waals surface area contributed by atoms with Crippen LogP contribution in [0.3, 0.4) is 0 Å². The maximum absolute atomic E-state index is 13.8. The summed E-state index contributed by atoms with van der Waals surface area (Å²) in [5.41, 5.74) is -2.71. The lowest BCUT2D eigenvalue weighted by atomic mass is 10.1. The van der Waals surface area contributed by atoms with Crippen molar-refractivity contribution in [1.29, 1.82) is 5.26 Å². The van der Waals surface area contributed by atoms with Crippen molar-refractivity contribution < 1.29 is 27.4 Å². The summed E-state index contributed by atoms with van der Waals surface area (Å²) in [5.74, 6) is -0.501. The zero-order valence-electron chi connectivity index (χ0n) is 20.4. The molecule has 13 heteroatoms. The van der Waals surface area contributed by atoms with Gasteiger partial charge in [0.1, 0.15) is 23.6 Å². The highest BCUT2D eigenvalue weighted by Crippen LogP contribution is 2.36. The molecule has 3 aromatic rings. The lowest BCUT2D eigenvalue weighted by Crippen LogP contribution is -2.48. The van der Waals surface area contributed by atoms with Crippen molar-refractivity contribution in [2.24, 2.45) is 0 Å². The first-order valence-electron chi connectivity index (χ1n) is 11.4. The van der Waals surface area contributed by atoms with Crippen LogP contribution in [0, 0.1) is 18.3 Å². The highest BCUT2D eigenvalue weighted by molar-refractivity contribution is 5.94. The fourth-order valence-electron chi connectivity index (χ4n) is 4.23. The van der Waals surface area contributed by atoms with Gasteiger partial charge in [0.05, 0.1) is 23.2 Å². The number of pyridine rings is 2. The minimum atomic E-state index is -4.87. The van der Waals surface area contributed by atoms with Crippen LogP contribution >= 0.6 is 0 Å². The molecule has 0 spiro atoms. The quantitative estimate of drug-likeness (QED) is 0.558. The second-order valence-electron chi connectivity index (χ2n) is 8.86. The summed E-state index contributed by atoms with van der Waals surface area (Å²) in [4.78, 5) is 40.8. The number of rotatable bonds is 4. The Morgan fingerprint density at radius 2 is 1.95 bits per heavy atom. The molecule has 37 heavy (non-hydrogen) atoms. The SMILES string of the molecule is Cc1nc2nc(C(F)(F)F)c([C@H](C)Oc3ncc(C(=O)N4C[C@@H](C)O[C@@H](C)C4)cc3C#N)cc2c(=O)[nH]1. The molecule has 4 heterocycles. The Bertz CT molecular complexity index is 1460. The van der Waals surface area contributed by atoms with E-state index in [4.69, 9.17) is 9.47 Å². The van der Waals surface area contributed by atoms with Gasteiger partial charge in [0, 0.05) is 24.8 Å². The second-order valence-corrected chi connectivity index (χ2v) is 8.86. The van der Waals surface area contributed by atoms with Crippen molar-refractivity contribution in [2.75, 3.05) is 13.1 Å². The number of aromatic nitrogens is 4. The van der Waals surface area contributed by atoms with Crippen LogP contribution in [0.15, 0.2) is 23.1 Å². The largest absolute Gasteiger partial charge is 0.469 e. The number of nitriles is 1. The molecule has 0 aromatic carbocycles. The monoisotopic (exact) mass is 516 g/mol. The van der Waals surface area contributed by atoms with E-state index in [1.165, 1.54) is 26.1 Å². The van der Waals surface area contributed by atoms with Gasteiger partial charge < -0.3 is 19.4 Å². The number of H-pyrrole nitrogens is 1. The molecule has 10 nitrogen and oxygen atoms in total. The summed E-state index contributed by atoms with van der Waals surface area (Å²) < 4.78 is 52.8. The Kier molecular flexibility index (Phi) is 6.88. The molecule has 0 aliphatic carbocycles. The molecule has 1 amide bonds. The van der Waals surface area contributed by atoms with Crippen LogP contribution in [0.1, 0.15) is 59.9 Å². The predicted molar refractivity (Wildman–Crippen MR) is 124 cm³/mol. The van der Waals surface area contributed by atoms with E-state index in [2.05, 4.69) is 19.9 Å². The normalized spacial score (nSPS) is 18.9. The van der Waals surface area contributed by atoms with Crippen molar-refractivity contribution in [2.45, 2.75) is 52.2 Å². The average Bonchev–Trinajstić information content (AvgIpc) is 2.81. The first-order valence-corrected chi connectivity index (χ1v) is 11.4. The number of halogens is 3. The number of hydrogen-bond acceptors (Lipinski definition) is 8. The van der Waals surface area contributed by atoms with Crippen molar-refractivity contribution in [3.63, 3.8) is 0 Å². The van der Waals surface area contributed by atoms with Crippen molar-refractivity contribution in [1.82, 2.24) is 24.8 Å². The molecule has 0 saturated carbocycles. The molecule has 194 valence electrons. The number of amides is 1. The number of carbonyl (C=O) groups excluding carboxylic acids is 1. The van der Waals surface area contributed by atoms with Gasteiger partial charge >= 0.3 is 6.18 Å². The Hall–Kier alpha value is -4.05. The number of hydrogen-bond donors (Lipinski definition) is 1. The Balaban J connectivity index is 1.67. The van der Waals surface area contributed by atoms with Gasteiger partial charge in [-0.3, -0.25) is 9.59 Å². The molecule has 1 aliphatic heterocycles. The first-order chi connectivity index (χ1) is 17.4. The van der Waals surface area contributed by atoms with Crippen molar-refractivity contribution >= 4 is 16.9 Å². The van der Waals surface area contributed by atoms with E-state index in [0.29, 0.717) is 13.1 Å². The molecule has 0 unspecified atom stereocenters. The van der Waals surface area contributed by atoms with Crippen LogP contribution in [-0.2, 0) is 10.9 Å². The number of nitrogens with zero attached hydrogens (tertiary/aromatic N) is 5. The molecule has 0 radical (unpaired) electrons. The number of carbonyl (C=O) groups is 1. The van der Waals surface area contributed by atoms with Gasteiger partial charge in [0.2, 0.25) is 5.88 Å². The molecular weight excluding hydrogens is 493 g/mol. The van der Waals surface area contributed by atoms with Gasteiger partial charge in [0.25, 0.3) is 11.5 Å². The van der Waals surface area contributed by atoms with E-state index in [9.17, 15) is 28.0 Å². The zero-order chi connectivity index (χ0) is 27.1. The van der Waals surface area contributed by atoms with Gasteiger partial charge in [-0.2, -0.15) is 18.4 Å². The van der Waals surface area contributed by atoms with Gasteiger partial charge in [0.15, 0.2) is 11.3 Å². The summed E-state index contributed by atoms with van der Waals surface area (Å²) in [6.07, 6.45) is -5.30. The number of fused-ring (bicyclic) bond motifs is 1. The van der Waals surface area contributed by atoms with E-state index >= 15 is 0 Å². The first kappa shape index (κ1) is 26.0. The molecule has 3 atom stereocenters. The third-order valence-electron chi connectivity index (χ3n) is 5.76. The summed E-state index contributed by atoms with van der Waals surface area (Å²) in [6, 6.07) is 4.17. The Morgan fingerprint density at radius 3 is 2.57 bits per heavy atom. The number of morpholine rings is 1. The van der Waals surface area contributed by atoms with E-state index in [0.717, 1.165) is 6.07 Å². The van der Waals surface area contributed by atoms with Crippen LogP contribution in [0.4, 0.5) is 13.2 Å². The van der Waals surface area contributed by atoms with Crippen LogP contribution in [0.5, 0.6) is 5.88 Å². The van der Waals surface area contributed by atoms with Crippen LogP contribution in [0.25, 0.3) is 11.0 Å². The third kappa shape index (κ3) is 5.39. The minimum absolute atomic E-state index is 0.119. The molecular formula is C24H23F3N6O4. The predicted octanol–water partition coefficient (Wildman–Crippen LogP) is 3.30. The minimum Gasteiger partial charge on any atom is -0.469 e. The number of nitrogens with one attached hydrogen (secondary N) is 1. The van der Waals surface area contributed by atoms with E-state index in [-0.39, 0.29) is 52.0 Å². The Labute approximate surface area is 209 Å². The molecule has 1 N–H and O–H groups in total. The van der Waals surface area contributed by atoms with Crippen molar-refractivity contribution in [3.8, 4) is 11.9 Å².